The normalized spacial score (nSPS) is 23.8. The lowest BCUT2D eigenvalue weighted by Gasteiger charge is -2.36. The highest BCUT2D eigenvalue weighted by Crippen LogP contribution is 2.14. The van der Waals surface area contributed by atoms with E-state index in [9.17, 15) is 4.79 Å². The van der Waals surface area contributed by atoms with Gasteiger partial charge in [-0.15, -0.1) is 10.2 Å². The number of nitrogens with one attached hydrogen (secondary N) is 1. The van der Waals surface area contributed by atoms with Gasteiger partial charge in [-0.05, 0) is 26.0 Å². The molecule has 1 aromatic rings. The molecule has 98 valence electrons. The Morgan fingerprint density at radius 1 is 1.44 bits per heavy atom. The standard InChI is InChI=1S/C12H18N4O2/c1-8-7-18-9(2)6-16(8)12(17)10-4-5-11(13-3)15-14-10/h4-5,8-9H,6-7H2,1-3H3,(H,13,15). The van der Waals surface area contributed by atoms with Gasteiger partial charge >= 0.3 is 0 Å². The number of nitrogens with zero attached hydrogens (tertiary/aromatic N) is 3. The molecule has 18 heavy (non-hydrogen) atoms. The average molecular weight is 250 g/mol. The van der Waals surface area contributed by atoms with Crippen molar-refractivity contribution < 1.29 is 9.53 Å². The minimum absolute atomic E-state index is 0.0645. The van der Waals surface area contributed by atoms with E-state index in [2.05, 4.69) is 15.5 Å². The molecule has 1 aromatic heterocycles. The molecule has 2 heterocycles. The smallest absolute Gasteiger partial charge is 0.274 e. The van der Waals surface area contributed by atoms with Gasteiger partial charge < -0.3 is 15.0 Å². The summed E-state index contributed by atoms with van der Waals surface area (Å²) in [4.78, 5) is 14.1. The predicted molar refractivity (Wildman–Crippen MR) is 67.5 cm³/mol. The summed E-state index contributed by atoms with van der Waals surface area (Å²) in [6.07, 6.45) is 0.0645. The van der Waals surface area contributed by atoms with Crippen molar-refractivity contribution in [1.29, 1.82) is 0 Å². The van der Waals surface area contributed by atoms with E-state index in [0.717, 1.165) is 0 Å². The van der Waals surface area contributed by atoms with Crippen LogP contribution in [0.25, 0.3) is 0 Å². The second kappa shape index (κ2) is 5.30. The third kappa shape index (κ3) is 2.59. The van der Waals surface area contributed by atoms with Crippen molar-refractivity contribution in [2.45, 2.75) is 26.0 Å². The molecule has 2 rings (SSSR count). The maximum absolute atomic E-state index is 12.3. The zero-order valence-electron chi connectivity index (χ0n) is 10.9. The lowest BCUT2D eigenvalue weighted by Crippen LogP contribution is -2.50. The van der Waals surface area contributed by atoms with Crippen LogP contribution in [-0.2, 0) is 4.74 Å². The minimum atomic E-state index is -0.0900. The van der Waals surface area contributed by atoms with Crippen molar-refractivity contribution in [2.24, 2.45) is 0 Å². The Hall–Kier alpha value is -1.69. The summed E-state index contributed by atoms with van der Waals surface area (Å²) in [7, 11) is 1.76. The summed E-state index contributed by atoms with van der Waals surface area (Å²) >= 11 is 0. The van der Waals surface area contributed by atoms with E-state index in [0.29, 0.717) is 24.7 Å². The van der Waals surface area contributed by atoms with Crippen LogP contribution < -0.4 is 5.32 Å². The van der Waals surface area contributed by atoms with Gasteiger partial charge in [0.2, 0.25) is 0 Å². The van der Waals surface area contributed by atoms with Crippen LogP contribution in [0, 0.1) is 0 Å². The Labute approximate surface area is 106 Å². The molecule has 2 atom stereocenters. The highest BCUT2D eigenvalue weighted by atomic mass is 16.5. The molecule has 0 spiro atoms. The number of amides is 1. The molecule has 0 radical (unpaired) electrons. The predicted octanol–water partition coefficient (Wildman–Crippen LogP) is 0.768. The molecule has 0 aromatic carbocycles. The Balaban J connectivity index is 2.13. The molecule has 1 saturated heterocycles. The van der Waals surface area contributed by atoms with Crippen LogP contribution in [0.4, 0.5) is 5.82 Å². The number of carbonyl (C=O) groups excluding carboxylic acids is 1. The third-order valence-corrected chi connectivity index (χ3v) is 3.01. The van der Waals surface area contributed by atoms with Crippen LogP contribution in [0.2, 0.25) is 0 Å². The van der Waals surface area contributed by atoms with Crippen molar-refractivity contribution >= 4 is 11.7 Å². The van der Waals surface area contributed by atoms with Gasteiger partial charge in [0.15, 0.2) is 5.69 Å². The van der Waals surface area contributed by atoms with Gasteiger partial charge in [-0.25, -0.2) is 0 Å². The van der Waals surface area contributed by atoms with Crippen LogP contribution in [0.15, 0.2) is 12.1 Å². The Morgan fingerprint density at radius 2 is 2.22 bits per heavy atom. The molecule has 0 saturated carbocycles. The van der Waals surface area contributed by atoms with Gasteiger partial charge in [-0.2, -0.15) is 0 Å². The van der Waals surface area contributed by atoms with Crippen LogP contribution in [0.5, 0.6) is 0 Å². The molecule has 0 aliphatic carbocycles. The van der Waals surface area contributed by atoms with Crippen LogP contribution in [0.1, 0.15) is 24.3 Å². The summed E-state index contributed by atoms with van der Waals surface area (Å²) in [5.41, 5.74) is 0.370. The van der Waals surface area contributed by atoms with Crippen LogP contribution in [-0.4, -0.2) is 53.3 Å². The third-order valence-electron chi connectivity index (χ3n) is 3.01. The molecular weight excluding hydrogens is 232 g/mol. The second-order valence-electron chi connectivity index (χ2n) is 4.50. The molecule has 1 N–H and O–H groups in total. The van der Waals surface area contributed by atoms with E-state index in [4.69, 9.17) is 4.74 Å². The van der Waals surface area contributed by atoms with E-state index < -0.39 is 0 Å². The van der Waals surface area contributed by atoms with E-state index in [1.807, 2.05) is 13.8 Å². The molecule has 1 aliphatic rings. The number of carbonyl (C=O) groups is 1. The van der Waals surface area contributed by atoms with E-state index >= 15 is 0 Å². The fraction of sp³-hybridized carbons (Fsp3) is 0.583. The Kier molecular flexibility index (Phi) is 3.76. The molecule has 0 bridgehead atoms. The van der Waals surface area contributed by atoms with Gasteiger partial charge in [-0.1, -0.05) is 0 Å². The first-order valence-corrected chi connectivity index (χ1v) is 6.06. The summed E-state index contributed by atoms with van der Waals surface area (Å²) < 4.78 is 5.50. The lowest BCUT2D eigenvalue weighted by atomic mass is 10.2. The zero-order valence-corrected chi connectivity index (χ0v) is 10.9. The quantitative estimate of drug-likeness (QED) is 0.839. The first-order chi connectivity index (χ1) is 8.61. The van der Waals surface area contributed by atoms with Gasteiger partial charge in [0.05, 0.1) is 18.8 Å². The molecule has 6 nitrogen and oxygen atoms in total. The molecule has 1 amide bonds. The first-order valence-electron chi connectivity index (χ1n) is 6.06. The van der Waals surface area contributed by atoms with Crippen molar-refractivity contribution in [3.63, 3.8) is 0 Å². The van der Waals surface area contributed by atoms with E-state index in [1.54, 1.807) is 24.1 Å². The number of anilines is 1. The lowest BCUT2D eigenvalue weighted by molar-refractivity contribution is -0.0389. The highest BCUT2D eigenvalue weighted by Gasteiger charge is 2.29. The average Bonchev–Trinajstić information content (AvgIpc) is 2.41. The van der Waals surface area contributed by atoms with Crippen LogP contribution >= 0.6 is 0 Å². The van der Waals surface area contributed by atoms with E-state index in [1.165, 1.54) is 0 Å². The molecule has 1 aliphatic heterocycles. The number of aromatic nitrogens is 2. The topological polar surface area (TPSA) is 67.4 Å². The largest absolute Gasteiger partial charge is 0.375 e. The first kappa shape index (κ1) is 12.8. The molecule has 1 fully saturated rings. The summed E-state index contributed by atoms with van der Waals surface area (Å²) in [5.74, 6) is 0.558. The fourth-order valence-electron chi connectivity index (χ4n) is 1.91. The number of rotatable bonds is 2. The number of hydrogen-bond donors (Lipinski definition) is 1. The number of morpholine rings is 1. The Bertz CT molecular complexity index is 421. The van der Waals surface area contributed by atoms with Crippen molar-refractivity contribution in [3.05, 3.63) is 17.8 Å². The van der Waals surface area contributed by atoms with Crippen LogP contribution in [0.3, 0.4) is 0 Å². The monoisotopic (exact) mass is 250 g/mol. The maximum atomic E-state index is 12.3. The number of ether oxygens (including phenoxy) is 1. The molecule has 2 unspecified atom stereocenters. The number of hydrogen-bond acceptors (Lipinski definition) is 5. The summed E-state index contributed by atoms with van der Waals surface area (Å²) in [6, 6.07) is 3.50. The fourth-order valence-corrected chi connectivity index (χ4v) is 1.91. The zero-order chi connectivity index (χ0) is 13.1. The van der Waals surface area contributed by atoms with Crippen molar-refractivity contribution in [1.82, 2.24) is 15.1 Å². The van der Waals surface area contributed by atoms with Crippen molar-refractivity contribution in [2.75, 3.05) is 25.5 Å². The van der Waals surface area contributed by atoms with Gasteiger partial charge in [-0.3, -0.25) is 4.79 Å². The summed E-state index contributed by atoms with van der Waals surface area (Å²) in [5, 5.41) is 10.7. The van der Waals surface area contributed by atoms with Gasteiger partial charge in [0.25, 0.3) is 5.91 Å². The molecule has 6 heteroatoms. The van der Waals surface area contributed by atoms with Gasteiger partial charge in [0, 0.05) is 13.6 Å². The van der Waals surface area contributed by atoms with E-state index in [-0.39, 0.29) is 18.1 Å². The second-order valence-corrected chi connectivity index (χ2v) is 4.50. The highest BCUT2D eigenvalue weighted by molar-refractivity contribution is 5.92. The molecular formula is C12H18N4O2. The van der Waals surface area contributed by atoms with Gasteiger partial charge in [0.1, 0.15) is 5.82 Å². The Morgan fingerprint density at radius 3 is 2.83 bits per heavy atom. The van der Waals surface area contributed by atoms with Crippen molar-refractivity contribution in [3.8, 4) is 0 Å². The minimum Gasteiger partial charge on any atom is -0.375 e. The maximum Gasteiger partial charge on any atom is 0.274 e. The summed E-state index contributed by atoms with van der Waals surface area (Å²) in [6.45, 7) is 5.09. The SMILES string of the molecule is CNc1ccc(C(=O)N2CC(C)OCC2C)nn1.